The monoisotopic (exact) mass is 320 g/mol. The Morgan fingerprint density at radius 3 is 2.68 bits per heavy atom. The molecule has 0 amide bonds. The zero-order chi connectivity index (χ0) is 13.7. The van der Waals surface area contributed by atoms with Gasteiger partial charge in [-0.2, -0.15) is 0 Å². The molecule has 2 rings (SSSR count). The lowest BCUT2D eigenvalue weighted by molar-refractivity contribution is 0.300. The summed E-state index contributed by atoms with van der Waals surface area (Å²) in [5.41, 5.74) is 1.99. The summed E-state index contributed by atoms with van der Waals surface area (Å²) in [5, 5.41) is 9.88. The summed E-state index contributed by atoms with van der Waals surface area (Å²) in [4.78, 5) is 0. The number of hydrogen-bond acceptors (Lipinski definition) is 2. The van der Waals surface area contributed by atoms with Gasteiger partial charge in [0, 0.05) is 10.0 Å². The van der Waals surface area contributed by atoms with Crippen LogP contribution in [0.5, 0.6) is 11.5 Å². The number of benzene rings is 2. The van der Waals surface area contributed by atoms with Crippen molar-refractivity contribution in [1.82, 2.24) is 0 Å². The van der Waals surface area contributed by atoms with E-state index in [4.69, 9.17) is 4.74 Å². The van der Waals surface area contributed by atoms with E-state index < -0.39 is 0 Å². The molecule has 0 aromatic heterocycles. The summed E-state index contributed by atoms with van der Waals surface area (Å²) in [5.74, 6) is 1.08. The highest BCUT2D eigenvalue weighted by molar-refractivity contribution is 9.10. The van der Waals surface area contributed by atoms with Crippen molar-refractivity contribution in [3.05, 3.63) is 58.1 Å². The van der Waals surface area contributed by atoms with Gasteiger partial charge in [0.15, 0.2) is 0 Å². The molecule has 0 radical (unpaired) electrons. The molecule has 2 aromatic carbocycles. The van der Waals surface area contributed by atoms with E-state index >= 15 is 0 Å². The molecule has 0 bridgehead atoms. The van der Waals surface area contributed by atoms with Crippen LogP contribution in [0.3, 0.4) is 0 Å². The van der Waals surface area contributed by atoms with Gasteiger partial charge in [-0.25, -0.2) is 0 Å². The van der Waals surface area contributed by atoms with Crippen molar-refractivity contribution in [3.8, 4) is 11.5 Å². The third kappa shape index (κ3) is 3.74. The first-order valence-electron chi connectivity index (χ1n) is 6.38. The zero-order valence-electron chi connectivity index (χ0n) is 10.9. The number of phenols is 1. The van der Waals surface area contributed by atoms with Crippen molar-refractivity contribution in [1.29, 1.82) is 0 Å². The predicted octanol–water partition coefficient (Wildman–Crippen LogP) is 4.69. The lowest BCUT2D eigenvalue weighted by Gasteiger charge is -2.12. The fourth-order valence-electron chi connectivity index (χ4n) is 1.98. The average Bonchev–Trinajstić information content (AvgIpc) is 2.40. The highest BCUT2D eigenvalue weighted by Crippen LogP contribution is 2.29. The molecule has 0 saturated carbocycles. The van der Waals surface area contributed by atoms with E-state index in [1.54, 1.807) is 6.07 Å². The lowest BCUT2D eigenvalue weighted by atomic mass is 10.1. The minimum Gasteiger partial charge on any atom is -0.508 e. The van der Waals surface area contributed by atoms with Crippen molar-refractivity contribution in [3.63, 3.8) is 0 Å². The minimum atomic E-state index is 0.314. The Kier molecular flexibility index (Phi) is 4.86. The number of hydrogen-bond donors (Lipinski definition) is 1. The van der Waals surface area contributed by atoms with Crippen LogP contribution in [-0.2, 0) is 13.0 Å². The van der Waals surface area contributed by atoms with Crippen LogP contribution in [0.4, 0.5) is 0 Å². The maximum absolute atomic E-state index is 9.88. The van der Waals surface area contributed by atoms with Crippen molar-refractivity contribution < 1.29 is 9.84 Å². The van der Waals surface area contributed by atoms with Gasteiger partial charge in [0.05, 0.1) is 0 Å². The van der Waals surface area contributed by atoms with Crippen molar-refractivity contribution >= 4 is 15.9 Å². The van der Waals surface area contributed by atoms with E-state index in [-0.39, 0.29) is 0 Å². The summed E-state index contributed by atoms with van der Waals surface area (Å²) in [6.45, 7) is 2.59. The molecular formula is C16H17BrO2. The van der Waals surface area contributed by atoms with Crippen molar-refractivity contribution in [2.75, 3.05) is 0 Å². The largest absolute Gasteiger partial charge is 0.508 e. The second kappa shape index (κ2) is 6.62. The molecule has 19 heavy (non-hydrogen) atoms. The topological polar surface area (TPSA) is 29.5 Å². The molecule has 1 N–H and O–H groups in total. The van der Waals surface area contributed by atoms with Gasteiger partial charge in [-0.3, -0.25) is 0 Å². The second-order valence-corrected chi connectivity index (χ2v) is 5.34. The first-order chi connectivity index (χ1) is 9.20. The first-order valence-corrected chi connectivity index (χ1v) is 7.18. The van der Waals surface area contributed by atoms with Gasteiger partial charge in [0.25, 0.3) is 0 Å². The number of ether oxygens (including phenoxy) is 1. The standard InChI is InChI=1S/C16H17BrO2/c1-2-5-14-15(18)8-4-9-16(14)19-11-12-6-3-7-13(17)10-12/h3-4,6-10,18H,2,5,11H2,1H3. The maximum atomic E-state index is 9.88. The lowest BCUT2D eigenvalue weighted by Crippen LogP contribution is -1.99. The Hall–Kier alpha value is -1.48. The Morgan fingerprint density at radius 2 is 1.95 bits per heavy atom. The van der Waals surface area contributed by atoms with E-state index in [2.05, 4.69) is 22.9 Å². The van der Waals surface area contributed by atoms with Crippen LogP contribution in [0.2, 0.25) is 0 Å². The summed E-state index contributed by atoms with van der Waals surface area (Å²) in [6, 6.07) is 13.4. The SMILES string of the molecule is CCCc1c(O)cccc1OCc1cccc(Br)c1. The third-order valence-corrected chi connectivity index (χ3v) is 3.38. The summed E-state index contributed by atoms with van der Waals surface area (Å²) in [6.07, 6.45) is 1.80. The molecule has 0 aliphatic rings. The average molecular weight is 321 g/mol. The molecule has 0 atom stereocenters. The molecule has 3 heteroatoms. The molecule has 0 heterocycles. The van der Waals surface area contributed by atoms with Crippen LogP contribution in [0.15, 0.2) is 46.9 Å². The van der Waals surface area contributed by atoms with Gasteiger partial charge in [0.1, 0.15) is 18.1 Å². The molecule has 0 saturated heterocycles. The second-order valence-electron chi connectivity index (χ2n) is 4.42. The normalized spacial score (nSPS) is 10.4. The fourth-order valence-corrected chi connectivity index (χ4v) is 2.43. The number of phenolic OH excluding ortho intramolecular Hbond substituents is 1. The Bertz CT molecular complexity index is 552. The Balaban J connectivity index is 2.13. The summed E-state index contributed by atoms with van der Waals surface area (Å²) >= 11 is 3.44. The van der Waals surface area contributed by atoms with Crippen molar-refractivity contribution in [2.24, 2.45) is 0 Å². The first kappa shape index (κ1) is 13.9. The molecular weight excluding hydrogens is 304 g/mol. The van der Waals surface area contributed by atoms with Gasteiger partial charge < -0.3 is 9.84 Å². The van der Waals surface area contributed by atoms with Crippen LogP contribution in [0, 0.1) is 0 Å². The van der Waals surface area contributed by atoms with Gasteiger partial charge in [-0.15, -0.1) is 0 Å². The third-order valence-electron chi connectivity index (χ3n) is 2.89. The van der Waals surface area contributed by atoms with Crippen LogP contribution < -0.4 is 4.74 Å². The summed E-state index contributed by atoms with van der Waals surface area (Å²) < 4.78 is 6.87. The van der Waals surface area contributed by atoms with E-state index in [1.165, 1.54) is 0 Å². The maximum Gasteiger partial charge on any atom is 0.126 e. The summed E-state index contributed by atoms with van der Waals surface area (Å²) in [7, 11) is 0. The highest BCUT2D eigenvalue weighted by Gasteiger charge is 2.08. The Morgan fingerprint density at radius 1 is 1.16 bits per heavy atom. The number of aromatic hydroxyl groups is 1. The number of halogens is 1. The predicted molar refractivity (Wildman–Crippen MR) is 80.6 cm³/mol. The minimum absolute atomic E-state index is 0.314. The molecule has 2 aromatic rings. The van der Waals surface area contributed by atoms with Crippen LogP contribution in [0.25, 0.3) is 0 Å². The van der Waals surface area contributed by atoms with Crippen LogP contribution in [0.1, 0.15) is 24.5 Å². The molecule has 2 nitrogen and oxygen atoms in total. The molecule has 0 spiro atoms. The molecule has 0 fully saturated rings. The van der Waals surface area contributed by atoms with E-state index in [9.17, 15) is 5.11 Å². The highest BCUT2D eigenvalue weighted by atomic mass is 79.9. The smallest absolute Gasteiger partial charge is 0.126 e. The molecule has 0 aliphatic heterocycles. The zero-order valence-corrected chi connectivity index (χ0v) is 12.5. The van der Waals surface area contributed by atoms with Gasteiger partial charge in [-0.05, 0) is 36.2 Å². The Labute approximate surface area is 122 Å². The van der Waals surface area contributed by atoms with E-state index in [1.807, 2.05) is 36.4 Å². The van der Waals surface area contributed by atoms with Gasteiger partial charge in [-0.1, -0.05) is 47.5 Å². The van der Waals surface area contributed by atoms with E-state index in [0.717, 1.165) is 34.2 Å². The molecule has 0 unspecified atom stereocenters. The fraction of sp³-hybridized carbons (Fsp3) is 0.250. The molecule has 100 valence electrons. The quantitative estimate of drug-likeness (QED) is 0.866. The van der Waals surface area contributed by atoms with Crippen molar-refractivity contribution in [2.45, 2.75) is 26.4 Å². The van der Waals surface area contributed by atoms with Gasteiger partial charge in [0.2, 0.25) is 0 Å². The van der Waals surface area contributed by atoms with Crippen LogP contribution >= 0.6 is 15.9 Å². The van der Waals surface area contributed by atoms with Gasteiger partial charge >= 0.3 is 0 Å². The number of rotatable bonds is 5. The van der Waals surface area contributed by atoms with Crippen LogP contribution in [-0.4, -0.2) is 5.11 Å². The molecule has 0 aliphatic carbocycles. The van der Waals surface area contributed by atoms with E-state index in [0.29, 0.717) is 12.4 Å².